The summed E-state index contributed by atoms with van der Waals surface area (Å²) in [6.45, 7) is 4.67. The fraction of sp³-hybridized carbons (Fsp3) is 0.467. The Morgan fingerprint density at radius 1 is 1.48 bits per heavy atom. The third kappa shape index (κ3) is 3.45. The molecule has 1 aromatic rings. The Kier molecular flexibility index (Phi) is 4.67. The molecule has 2 N–H and O–H groups in total. The number of para-hydroxylation sites is 2. The number of aliphatic carboxylic acids is 1. The molecule has 1 heterocycles. The maximum Gasteiger partial charge on any atom is 0.346 e. The van der Waals surface area contributed by atoms with Crippen LogP contribution in [0.3, 0.4) is 0 Å². The Balaban J connectivity index is 2.17. The van der Waals surface area contributed by atoms with Crippen molar-refractivity contribution in [3.05, 3.63) is 24.3 Å². The number of urea groups is 1. The number of carbonyl (C=O) groups is 2. The first-order valence-corrected chi connectivity index (χ1v) is 7.06. The fourth-order valence-corrected chi connectivity index (χ4v) is 2.06. The molecule has 6 heteroatoms. The first kappa shape index (κ1) is 15.2. The second kappa shape index (κ2) is 6.47. The second-order valence-corrected chi connectivity index (χ2v) is 5.22. The zero-order chi connectivity index (χ0) is 15.4. The second-order valence-electron chi connectivity index (χ2n) is 5.22. The van der Waals surface area contributed by atoms with Crippen LogP contribution in [0.4, 0.5) is 10.5 Å². The number of nitrogens with zero attached hydrogens (tertiary/aromatic N) is 1. The molecule has 1 aliphatic heterocycles. The van der Waals surface area contributed by atoms with E-state index in [1.54, 1.807) is 24.3 Å². The molecule has 0 fully saturated rings. The number of anilines is 1. The van der Waals surface area contributed by atoms with Gasteiger partial charge in [0.25, 0.3) is 0 Å². The van der Waals surface area contributed by atoms with Crippen LogP contribution in [0, 0.1) is 5.92 Å². The molecular formula is C15H20N2O4. The van der Waals surface area contributed by atoms with Gasteiger partial charge in [-0.25, -0.2) is 9.59 Å². The van der Waals surface area contributed by atoms with Crippen molar-refractivity contribution in [2.24, 2.45) is 5.92 Å². The number of carboxylic acids is 1. The first-order chi connectivity index (χ1) is 10.0. The maximum atomic E-state index is 12.3. The summed E-state index contributed by atoms with van der Waals surface area (Å²) in [5, 5.41) is 12.0. The number of fused-ring (bicyclic) bond motifs is 1. The van der Waals surface area contributed by atoms with Crippen LogP contribution in [0.25, 0.3) is 0 Å². The highest BCUT2D eigenvalue weighted by Gasteiger charge is 2.33. The van der Waals surface area contributed by atoms with E-state index >= 15 is 0 Å². The van der Waals surface area contributed by atoms with Crippen LogP contribution in [0.15, 0.2) is 24.3 Å². The fourth-order valence-electron chi connectivity index (χ4n) is 2.06. The number of benzene rings is 1. The summed E-state index contributed by atoms with van der Waals surface area (Å²) in [5.41, 5.74) is 0.594. The van der Waals surface area contributed by atoms with E-state index in [-0.39, 0.29) is 12.6 Å². The normalized spacial score (nSPS) is 18.4. The highest BCUT2D eigenvalue weighted by atomic mass is 16.5. The molecule has 21 heavy (non-hydrogen) atoms. The number of hydrogen-bond donors (Lipinski definition) is 2. The zero-order valence-electron chi connectivity index (χ0n) is 12.2. The van der Waals surface area contributed by atoms with E-state index in [0.717, 1.165) is 6.42 Å². The summed E-state index contributed by atoms with van der Waals surface area (Å²) in [4.78, 5) is 24.9. The lowest BCUT2D eigenvalue weighted by molar-refractivity contribution is -0.144. The quantitative estimate of drug-likeness (QED) is 0.890. The topological polar surface area (TPSA) is 78.9 Å². The van der Waals surface area contributed by atoms with E-state index in [2.05, 4.69) is 12.2 Å². The van der Waals surface area contributed by atoms with Gasteiger partial charge in [0.2, 0.25) is 6.10 Å². The summed E-state index contributed by atoms with van der Waals surface area (Å²) in [6, 6.07) is 6.66. The number of nitrogens with one attached hydrogen (secondary N) is 1. The molecule has 0 radical (unpaired) electrons. The van der Waals surface area contributed by atoms with Crippen molar-refractivity contribution >= 4 is 17.7 Å². The smallest absolute Gasteiger partial charge is 0.346 e. The number of amides is 2. The third-order valence-corrected chi connectivity index (χ3v) is 3.59. The maximum absolute atomic E-state index is 12.3. The van der Waals surface area contributed by atoms with Gasteiger partial charge < -0.3 is 15.2 Å². The highest BCUT2D eigenvalue weighted by molar-refractivity contribution is 5.95. The Morgan fingerprint density at radius 3 is 2.86 bits per heavy atom. The van der Waals surface area contributed by atoms with Crippen molar-refractivity contribution < 1.29 is 19.4 Å². The average molecular weight is 292 g/mol. The lowest BCUT2D eigenvalue weighted by Crippen LogP contribution is -2.51. The van der Waals surface area contributed by atoms with Crippen LogP contribution in [0.5, 0.6) is 5.75 Å². The van der Waals surface area contributed by atoms with Crippen LogP contribution in [0.2, 0.25) is 0 Å². The molecular weight excluding hydrogens is 272 g/mol. The molecule has 0 aromatic heterocycles. The number of carbonyl (C=O) groups excluding carboxylic acids is 1. The van der Waals surface area contributed by atoms with Crippen LogP contribution >= 0.6 is 0 Å². The molecule has 0 bridgehead atoms. The van der Waals surface area contributed by atoms with Crippen LogP contribution in [-0.4, -0.2) is 36.3 Å². The summed E-state index contributed by atoms with van der Waals surface area (Å²) in [6.07, 6.45) is -0.0770. The van der Waals surface area contributed by atoms with Gasteiger partial charge in [0.1, 0.15) is 5.75 Å². The van der Waals surface area contributed by atoms with E-state index in [4.69, 9.17) is 9.84 Å². The van der Waals surface area contributed by atoms with Crippen molar-refractivity contribution in [3.8, 4) is 5.75 Å². The molecule has 6 nitrogen and oxygen atoms in total. The Hall–Kier alpha value is -2.24. The molecule has 0 saturated carbocycles. The number of carboxylic acid groups (broad SMARTS) is 1. The van der Waals surface area contributed by atoms with Gasteiger partial charge in [-0.1, -0.05) is 32.4 Å². The molecule has 1 aliphatic rings. The number of rotatable bonds is 4. The van der Waals surface area contributed by atoms with Gasteiger partial charge in [-0.3, -0.25) is 4.90 Å². The Bertz CT molecular complexity index is 532. The molecule has 2 unspecified atom stereocenters. The molecule has 2 amide bonds. The number of ether oxygens (including phenoxy) is 1. The van der Waals surface area contributed by atoms with Crippen LogP contribution in [-0.2, 0) is 4.79 Å². The Labute approximate surface area is 123 Å². The third-order valence-electron chi connectivity index (χ3n) is 3.59. The van der Waals surface area contributed by atoms with Gasteiger partial charge in [0, 0.05) is 6.54 Å². The van der Waals surface area contributed by atoms with Crippen molar-refractivity contribution in [1.82, 2.24) is 5.32 Å². The average Bonchev–Trinajstić information content (AvgIpc) is 2.50. The predicted octanol–water partition coefficient (Wildman–Crippen LogP) is 2.09. The molecule has 2 rings (SSSR count). The molecule has 0 aliphatic carbocycles. The summed E-state index contributed by atoms with van der Waals surface area (Å²) in [7, 11) is 0. The summed E-state index contributed by atoms with van der Waals surface area (Å²) < 4.78 is 5.40. The first-order valence-electron chi connectivity index (χ1n) is 7.06. The highest BCUT2D eigenvalue weighted by Crippen LogP contribution is 2.33. The van der Waals surface area contributed by atoms with E-state index in [1.807, 2.05) is 6.92 Å². The van der Waals surface area contributed by atoms with Crippen molar-refractivity contribution in [2.45, 2.75) is 26.4 Å². The van der Waals surface area contributed by atoms with Crippen molar-refractivity contribution in [1.29, 1.82) is 0 Å². The van der Waals surface area contributed by atoms with Crippen molar-refractivity contribution in [3.63, 3.8) is 0 Å². The van der Waals surface area contributed by atoms with Gasteiger partial charge >= 0.3 is 12.0 Å². The molecule has 0 saturated heterocycles. The largest absolute Gasteiger partial charge is 0.478 e. The van der Waals surface area contributed by atoms with E-state index < -0.39 is 12.1 Å². The minimum Gasteiger partial charge on any atom is -0.478 e. The molecule has 114 valence electrons. The SMILES string of the molecule is CCC(C)CNC(=O)N1CC(C(=O)O)Oc2ccccc21. The van der Waals surface area contributed by atoms with Crippen LogP contribution < -0.4 is 15.0 Å². The number of hydrogen-bond acceptors (Lipinski definition) is 3. The molecule has 0 spiro atoms. The molecule has 1 aromatic carbocycles. The van der Waals surface area contributed by atoms with Gasteiger partial charge in [0.05, 0.1) is 12.2 Å². The van der Waals surface area contributed by atoms with Gasteiger partial charge in [-0.2, -0.15) is 0 Å². The predicted molar refractivity (Wildman–Crippen MR) is 78.7 cm³/mol. The summed E-state index contributed by atoms with van der Waals surface area (Å²) >= 11 is 0. The minimum atomic E-state index is -1.08. The van der Waals surface area contributed by atoms with E-state index in [1.165, 1.54) is 4.90 Å². The zero-order valence-corrected chi connectivity index (χ0v) is 12.2. The lowest BCUT2D eigenvalue weighted by atomic mass is 10.1. The standard InChI is InChI=1S/C15H20N2O4/c1-3-10(2)8-16-15(20)17-9-13(14(18)19)21-12-7-5-4-6-11(12)17/h4-7,10,13H,3,8-9H2,1-2H3,(H,16,20)(H,18,19). The monoisotopic (exact) mass is 292 g/mol. The lowest BCUT2D eigenvalue weighted by Gasteiger charge is -2.33. The van der Waals surface area contributed by atoms with E-state index in [0.29, 0.717) is 23.9 Å². The van der Waals surface area contributed by atoms with Crippen molar-refractivity contribution in [2.75, 3.05) is 18.0 Å². The van der Waals surface area contributed by atoms with Gasteiger partial charge in [0.15, 0.2) is 0 Å². The molecule has 2 atom stereocenters. The van der Waals surface area contributed by atoms with Crippen LogP contribution in [0.1, 0.15) is 20.3 Å². The summed E-state index contributed by atoms with van der Waals surface area (Å²) in [5.74, 6) is -0.292. The van der Waals surface area contributed by atoms with Gasteiger partial charge in [-0.05, 0) is 18.1 Å². The minimum absolute atomic E-state index is 0.00130. The van der Waals surface area contributed by atoms with Gasteiger partial charge in [-0.15, -0.1) is 0 Å². The van der Waals surface area contributed by atoms with E-state index in [9.17, 15) is 9.59 Å². The Morgan fingerprint density at radius 2 is 2.19 bits per heavy atom.